The minimum Gasteiger partial charge on any atom is -0.166 e. The van der Waals surface area contributed by atoms with Crippen molar-refractivity contribution in [3.05, 3.63) is 76.9 Å². The lowest BCUT2D eigenvalue weighted by molar-refractivity contribution is -0.138. The maximum Gasteiger partial charge on any atom is 0.416 e. The third-order valence-electron chi connectivity index (χ3n) is 3.48. The monoisotopic (exact) mass is 370 g/mol. The fraction of sp³-hybridized carbons (Fsp3) is 0.200. The van der Waals surface area contributed by atoms with Crippen LogP contribution in [0.25, 0.3) is 5.57 Å². The molecule has 2 rings (SSSR count). The van der Waals surface area contributed by atoms with Gasteiger partial charge in [0.1, 0.15) is 0 Å². The number of allylic oxidation sites excluding steroid dienone is 2. The van der Waals surface area contributed by atoms with Crippen LogP contribution < -0.4 is 0 Å². The molecular formula is C20H16F6. The van der Waals surface area contributed by atoms with E-state index in [-0.39, 0.29) is 0 Å². The van der Waals surface area contributed by atoms with Crippen molar-refractivity contribution in [2.75, 3.05) is 0 Å². The number of halogens is 6. The molecule has 0 atom stereocenters. The van der Waals surface area contributed by atoms with Crippen LogP contribution in [0.3, 0.4) is 0 Å². The summed E-state index contributed by atoms with van der Waals surface area (Å²) >= 11 is 0. The minimum absolute atomic E-state index is 0.447. The lowest BCUT2D eigenvalue weighted by atomic mass is 10.1. The Hall–Kier alpha value is -2.68. The van der Waals surface area contributed by atoms with Crippen molar-refractivity contribution in [1.29, 1.82) is 0 Å². The van der Waals surface area contributed by atoms with Crippen LogP contribution in [0.15, 0.2) is 54.6 Å². The Bertz CT molecular complexity index is 770. The van der Waals surface area contributed by atoms with Gasteiger partial charge in [-0.2, -0.15) is 26.3 Å². The van der Waals surface area contributed by atoms with Crippen molar-refractivity contribution in [2.24, 2.45) is 0 Å². The summed E-state index contributed by atoms with van der Waals surface area (Å²) in [6.45, 7) is 3.72. The molecule has 0 radical (unpaired) electrons. The van der Waals surface area contributed by atoms with Gasteiger partial charge >= 0.3 is 12.4 Å². The van der Waals surface area contributed by atoms with Crippen molar-refractivity contribution in [2.45, 2.75) is 26.2 Å². The highest BCUT2D eigenvalue weighted by Gasteiger charge is 2.30. The van der Waals surface area contributed by atoms with Crippen LogP contribution in [0.5, 0.6) is 0 Å². The summed E-state index contributed by atoms with van der Waals surface area (Å²) < 4.78 is 72.5. The Morgan fingerprint density at radius 2 is 1.19 bits per heavy atom. The molecule has 0 N–H and O–H groups in total. The summed E-state index contributed by atoms with van der Waals surface area (Å²) in [5, 5.41) is 0. The Kier molecular flexibility index (Phi) is 7.08. The van der Waals surface area contributed by atoms with Gasteiger partial charge in [0.2, 0.25) is 0 Å². The van der Waals surface area contributed by atoms with Crippen LogP contribution in [-0.2, 0) is 12.4 Å². The van der Waals surface area contributed by atoms with E-state index in [4.69, 9.17) is 6.42 Å². The fourth-order valence-corrected chi connectivity index (χ4v) is 1.84. The molecule has 6 heteroatoms. The number of hydrogen-bond donors (Lipinski definition) is 0. The van der Waals surface area contributed by atoms with E-state index in [1.807, 2.05) is 19.9 Å². The van der Waals surface area contributed by atoms with Crippen LogP contribution in [0.2, 0.25) is 0 Å². The molecule has 2 aromatic rings. The molecule has 0 aliphatic rings. The van der Waals surface area contributed by atoms with Crippen LogP contribution in [-0.4, -0.2) is 0 Å². The lowest BCUT2D eigenvalue weighted by Gasteiger charge is -2.07. The third-order valence-corrected chi connectivity index (χ3v) is 3.48. The minimum atomic E-state index is -4.28. The van der Waals surface area contributed by atoms with E-state index in [0.717, 1.165) is 35.4 Å². The van der Waals surface area contributed by atoms with Gasteiger partial charge in [-0.15, -0.1) is 6.42 Å². The molecule has 0 amide bonds. The number of rotatable bonds is 1. The first-order chi connectivity index (χ1) is 12.0. The van der Waals surface area contributed by atoms with Crippen molar-refractivity contribution >= 4 is 5.57 Å². The third kappa shape index (κ3) is 6.32. The van der Waals surface area contributed by atoms with Gasteiger partial charge in [-0.3, -0.25) is 0 Å². The smallest absolute Gasteiger partial charge is 0.166 e. The van der Waals surface area contributed by atoms with E-state index in [1.54, 1.807) is 0 Å². The number of hydrogen-bond acceptors (Lipinski definition) is 0. The first-order valence-electron chi connectivity index (χ1n) is 7.43. The molecule has 0 saturated carbocycles. The van der Waals surface area contributed by atoms with Gasteiger partial charge in [-0.25, -0.2) is 0 Å². The van der Waals surface area contributed by atoms with Crippen LogP contribution in [0, 0.1) is 12.3 Å². The van der Waals surface area contributed by atoms with Crippen molar-refractivity contribution in [1.82, 2.24) is 0 Å². The van der Waals surface area contributed by atoms with Gasteiger partial charge in [-0.1, -0.05) is 24.1 Å². The first kappa shape index (κ1) is 21.4. The highest BCUT2D eigenvalue weighted by atomic mass is 19.4. The van der Waals surface area contributed by atoms with E-state index >= 15 is 0 Å². The largest absolute Gasteiger partial charge is 0.416 e. The zero-order chi connectivity index (χ0) is 20.0. The summed E-state index contributed by atoms with van der Waals surface area (Å²) in [4.78, 5) is 0. The van der Waals surface area contributed by atoms with E-state index in [1.165, 1.54) is 24.3 Å². The number of benzene rings is 2. The summed E-state index contributed by atoms with van der Waals surface area (Å²) in [6.07, 6.45) is -1.69. The second-order valence-corrected chi connectivity index (χ2v) is 5.27. The SMILES string of the molecule is C#Cc1ccc(C(F)(F)F)cc1.C/C=C(\C)c1ccc(C(F)(F)F)cc1. The van der Waals surface area contributed by atoms with Gasteiger partial charge in [0, 0.05) is 5.56 Å². The summed E-state index contributed by atoms with van der Waals surface area (Å²) in [6, 6.07) is 9.64. The van der Waals surface area contributed by atoms with E-state index in [0.29, 0.717) is 5.56 Å². The Balaban J connectivity index is 0.000000263. The molecule has 138 valence electrons. The van der Waals surface area contributed by atoms with Crippen LogP contribution >= 0.6 is 0 Å². The number of alkyl halides is 6. The maximum absolute atomic E-state index is 12.2. The molecule has 0 unspecified atom stereocenters. The normalized spacial score (nSPS) is 12.0. The molecule has 0 aromatic heterocycles. The molecule has 26 heavy (non-hydrogen) atoms. The zero-order valence-electron chi connectivity index (χ0n) is 14.0. The van der Waals surface area contributed by atoms with Crippen molar-refractivity contribution in [3.8, 4) is 12.3 Å². The van der Waals surface area contributed by atoms with E-state index < -0.39 is 23.5 Å². The zero-order valence-corrected chi connectivity index (χ0v) is 14.0. The molecule has 0 aliphatic carbocycles. The van der Waals surface area contributed by atoms with Gasteiger partial charge in [0.05, 0.1) is 11.1 Å². The first-order valence-corrected chi connectivity index (χ1v) is 7.43. The Morgan fingerprint density at radius 1 is 0.808 bits per heavy atom. The standard InChI is InChI=1S/C11H11F3.C9H5F3/c1-3-8(2)9-4-6-10(7-5-9)11(12,13)14;1-2-7-3-5-8(6-4-7)9(10,11)12/h3-7H,1-2H3;1,3-6H/b8-3+;. The molecule has 0 bridgehead atoms. The highest BCUT2D eigenvalue weighted by molar-refractivity contribution is 5.63. The molecule has 0 fully saturated rings. The van der Waals surface area contributed by atoms with Gasteiger partial charge < -0.3 is 0 Å². The molecule has 0 heterocycles. The van der Waals surface area contributed by atoms with Crippen LogP contribution in [0.4, 0.5) is 26.3 Å². The molecule has 0 nitrogen and oxygen atoms in total. The highest BCUT2D eigenvalue weighted by Crippen LogP contribution is 2.30. The molecule has 0 spiro atoms. The summed E-state index contributed by atoms with van der Waals surface area (Å²) in [5.74, 6) is 2.24. The second-order valence-electron chi connectivity index (χ2n) is 5.27. The molecule has 2 aromatic carbocycles. The predicted molar refractivity (Wildman–Crippen MR) is 90.1 cm³/mol. The topological polar surface area (TPSA) is 0 Å². The second kappa shape index (κ2) is 8.61. The van der Waals surface area contributed by atoms with Gasteiger partial charge in [-0.05, 0) is 61.4 Å². The van der Waals surface area contributed by atoms with Crippen molar-refractivity contribution in [3.63, 3.8) is 0 Å². The molecule has 0 aliphatic heterocycles. The van der Waals surface area contributed by atoms with Crippen molar-refractivity contribution < 1.29 is 26.3 Å². The summed E-state index contributed by atoms with van der Waals surface area (Å²) in [7, 11) is 0. The van der Waals surface area contributed by atoms with E-state index in [9.17, 15) is 26.3 Å². The quantitative estimate of drug-likeness (QED) is 0.382. The lowest BCUT2D eigenvalue weighted by Crippen LogP contribution is -2.04. The Morgan fingerprint density at radius 3 is 1.50 bits per heavy atom. The van der Waals surface area contributed by atoms with Gasteiger partial charge in [0.15, 0.2) is 0 Å². The molecule has 0 saturated heterocycles. The fourth-order valence-electron chi connectivity index (χ4n) is 1.84. The summed E-state index contributed by atoms with van der Waals surface area (Å²) in [5.41, 5.74) is 0.953. The average Bonchev–Trinajstić information content (AvgIpc) is 2.60. The van der Waals surface area contributed by atoms with Gasteiger partial charge in [0.25, 0.3) is 0 Å². The van der Waals surface area contributed by atoms with Crippen LogP contribution in [0.1, 0.15) is 36.1 Å². The predicted octanol–water partition coefficient (Wildman–Crippen LogP) is 6.82. The van der Waals surface area contributed by atoms with E-state index in [2.05, 4.69) is 5.92 Å². The average molecular weight is 370 g/mol. The molecular weight excluding hydrogens is 354 g/mol. The Labute approximate surface area is 148 Å². The number of terminal acetylenes is 1. The maximum atomic E-state index is 12.2.